The molecule has 2 aromatic rings. The van der Waals surface area contributed by atoms with Crippen LogP contribution in [0.25, 0.3) is 0 Å². The summed E-state index contributed by atoms with van der Waals surface area (Å²) in [6.45, 7) is 0. The van der Waals surface area contributed by atoms with E-state index in [1.165, 1.54) is 28.2 Å². The Hall–Kier alpha value is -1.08. The number of nitrogens with two attached hydrogens (primary N) is 1. The van der Waals surface area contributed by atoms with E-state index >= 15 is 0 Å². The molecule has 2 unspecified atom stereocenters. The third-order valence-corrected chi connectivity index (χ3v) is 7.85. The molecule has 0 amide bonds. The van der Waals surface area contributed by atoms with Gasteiger partial charge < -0.3 is 0 Å². The Labute approximate surface area is 133 Å². The van der Waals surface area contributed by atoms with Gasteiger partial charge in [-0.3, -0.25) is 0 Å². The Kier molecular flexibility index (Phi) is 3.85. The summed E-state index contributed by atoms with van der Waals surface area (Å²) in [6, 6.07) is 23.7. The minimum atomic E-state index is 0.662. The molecular weight excluding hydrogens is 321 g/mol. The number of hydrogen-bond acceptors (Lipinski definition) is 0. The molecule has 0 aromatic heterocycles. The van der Waals surface area contributed by atoms with Crippen molar-refractivity contribution in [2.45, 2.75) is 29.1 Å². The Bertz CT molecular complexity index is 532. The normalized spacial score (nSPS) is 31.8. The van der Waals surface area contributed by atoms with Gasteiger partial charge in [0.05, 0.1) is 0 Å². The van der Waals surface area contributed by atoms with Crippen molar-refractivity contribution in [2.75, 3.05) is 0 Å². The van der Waals surface area contributed by atoms with E-state index in [1.807, 2.05) is 0 Å². The summed E-state index contributed by atoms with van der Waals surface area (Å²) in [4.78, 5) is 0. The van der Waals surface area contributed by atoms with E-state index in [9.17, 15) is 0 Å². The number of piperidine rings is 1. The number of fused-ring (bicyclic) bond motifs is 2. The van der Waals surface area contributed by atoms with Crippen molar-refractivity contribution < 1.29 is 5.32 Å². The summed E-state index contributed by atoms with van der Waals surface area (Å²) >= 11 is 0.849. The molecule has 2 heteroatoms. The third-order valence-electron chi connectivity index (χ3n) is 5.07. The van der Waals surface area contributed by atoms with Crippen LogP contribution in [0.5, 0.6) is 0 Å². The van der Waals surface area contributed by atoms with Crippen LogP contribution in [0.3, 0.4) is 0 Å². The molecule has 2 saturated heterocycles. The molecule has 2 bridgehead atoms. The Balaban J connectivity index is 1.66. The average Bonchev–Trinajstić information content (AvgIpc) is 2.57. The maximum absolute atomic E-state index is 2.68. The first-order chi connectivity index (χ1) is 10.4. The Morgan fingerprint density at radius 2 is 1.19 bits per heavy atom. The Morgan fingerprint density at radius 3 is 1.67 bits per heavy atom. The molecule has 0 spiro atoms. The first-order valence-electron chi connectivity index (χ1n) is 7.94. The van der Waals surface area contributed by atoms with Crippen molar-refractivity contribution in [1.29, 1.82) is 0 Å². The van der Waals surface area contributed by atoms with Crippen LogP contribution in [-0.4, -0.2) is 15.0 Å². The summed E-state index contributed by atoms with van der Waals surface area (Å²) in [5.74, 6) is 1.79. The van der Waals surface area contributed by atoms with Crippen molar-refractivity contribution >= 4 is 15.0 Å². The summed E-state index contributed by atoms with van der Waals surface area (Å²) in [6.07, 6.45) is 1.43. The zero-order chi connectivity index (χ0) is 14.1. The van der Waals surface area contributed by atoms with Crippen LogP contribution in [0.15, 0.2) is 60.7 Å². The van der Waals surface area contributed by atoms with Gasteiger partial charge in [0.15, 0.2) is 0 Å². The van der Waals surface area contributed by atoms with Crippen molar-refractivity contribution in [2.24, 2.45) is 11.8 Å². The molecule has 2 aromatic carbocycles. The van der Waals surface area contributed by atoms with Gasteiger partial charge in [-0.25, -0.2) is 0 Å². The molecule has 0 aliphatic carbocycles. The van der Waals surface area contributed by atoms with E-state index in [-0.39, 0.29) is 0 Å². The minimum absolute atomic E-state index is 0.662. The molecule has 0 radical (unpaired) electrons. The van der Waals surface area contributed by atoms with Gasteiger partial charge in [0.1, 0.15) is 0 Å². The summed E-state index contributed by atoms with van der Waals surface area (Å²) in [7, 11) is 0. The van der Waals surface area contributed by atoms with Crippen molar-refractivity contribution in [1.82, 2.24) is 0 Å². The monoisotopic (exact) mass is 344 g/mol. The van der Waals surface area contributed by atoms with Crippen LogP contribution in [0, 0.1) is 11.8 Å². The molecule has 108 valence electrons. The second-order valence-electron chi connectivity index (χ2n) is 6.36. The fourth-order valence-electron chi connectivity index (χ4n) is 4.05. The summed E-state index contributed by atoms with van der Waals surface area (Å²) in [5, 5.41) is 5.63. The average molecular weight is 343 g/mol. The SMILES string of the molecule is c1ccc([C@H]2[NH2+][C@@H](c3ccccc3)C3C[Se]CC2C3)cc1. The van der Waals surface area contributed by atoms with E-state index < -0.39 is 0 Å². The maximum atomic E-state index is 2.68. The van der Waals surface area contributed by atoms with Gasteiger partial charge in [0, 0.05) is 0 Å². The van der Waals surface area contributed by atoms with Crippen LogP contribution < -0.4 is 5.32 Å². The summed E-state index contributed by atoms with van der Waals surface area (Å²) in [5.41, 5.74) is 3.05. The van der Waals surface area contributed by atoms with Gasteiger partial charge in [-0.1, -0.05) is 0 Å². The first kappa shape index (κ1) is 13.6. The molecule has 4 atom stereocenters. The fourth-order valence-corrected chi connectivity index (χ4v) is 7.05. The fraction of sp³-hybridized carbons (Fsp3) is 0.368. The number of benzene rings is 2. The summed E-state index contributed by atoms with van der Waals surface area (Å²) < 4.78 is 0. The van der Waals surface area contributed by atoms with Gasteiger partial charge in [-0.05, 0) is 0 Å². The van der Waals surface area contributed by atoms with Crippen molar-refractivity contribution in [3.63, 3.8) is 0 Å². The zero-order valence-electron chi connectivity index (χ0n) is 12.2. The molecule has 2 heterocycles. The molecule has 4 rings (SSSR count). The standard InChI is InChI=1S/C19H21NSe/c1-3-7-14(8-4-1)18-16-11-17(13-21-12-16)19(20-18)15-9-5-2-6-10-15/h1-10,16-20H,11-13H2/p+1/t16?,17?,18-,19+. The third kappa shape index (κ3) is 2.68. The molecule has 1 nitrogen and oxygen atoms in total. The first-order valence-corrected chi connectivity index (χ1v) is 10.4. The van der Waals surface area contributed by atoms with Crippen LogP contribution in [0.2, 0.25) is 10.6 Å². The molecule has 2 fully saturated rings. The van der Waals surface area contributed by atoms with Crippen molar-refractivity contribution in [3.05, 3.63) is 71.8 Å². The topological polar surface area (TPSA) is 16.6 Å². The van der Waals surface area contributed by atoms with E-state index in [0.717, 1.165) is 26.8 Å². The molecule has 2 aliphatic rings. The van der Waals surface area contributed by atoms with E-state index in [4.69, 9.17) is 0 Å². The predicted octanol–water partition coefficient (Wildman–Crippen LogP) is 3.22. The van der Waals surface area contributed by atoms with Crippen LogP contribution in [0.1, 0.15) is 29.6 Å². The zero-order valence-corrected chi connectivity index (χ0v) is 13.9. The second kappa shape index (κ2) is 5.96. The second-order valence-corrected chi connectivity index (χ2v) is 8.61. The van der Waals surface area contributed by atoms with Crippen LogP contribution in [0.4, 0.5) is 0 Å². The van der Waals surface area contributed by atoms with E-state index in [0.29, 0.717) is 12.1 Å². The molecule has 0 saturated carbocycles. The Morgan fingerprint density at radius 1 is 0.714 bits per heavy atom. The van der Waals surface area contributed by atoms with Gasteiger partial charge >= 0.3 is 133 Å². The number of hydrogen-bond donors (Lipinski definition) is 1. The predicted molar refractivity (Wildman–Crippen MR) is 87.3 cm³/mol. The molecule has 21 heavy (non-hydrogen) atoms. The van der Waals surface area contributed by atoms with Gasteiger partial charge in [-0.2, -0.15) is 0 Å². The van der Waals surface area contributed by atoms with Crippen LogP contribution in [-0.2, 0) is 0 Å². The molecule has 2 N–H and O–H groups in total. The van der Waals surface area contributed by atoms with E-state index in [2.05, 4.69) is 66.0 Å². The van der Waals surface area contributed by atoms with E-state index in [1.54, 1.807) is 0 Å². The van der Waals surface area contributed by atoms with Gasteiger partial charge in [0.25, 0.3) is 0 Å². The number of rotatable bonds is 2. The van der Waals surface area contributed by atoms with Crippen molar-refractivity contribution in [3.8, 4) is 0 Å². The molecule has 2 aliphatic heterocycles. The number of quaternary nitrogens is 1. The van der Waals surface area contributed by atoms with Gasteiger partial charge in [0.2, 0.25) is 0 Å². The van der Waals surface area contributed by atoms with Gasteiger partial charge in [-0.15, -0.1) is 0 Å². The van der Waals surface area contributed by atoms with Crippen LogP contribution >= 0.6 is 0 Å². The quantitative estimate of drug-likeness (QED) is 0.807. The molecular formula is C19H22NSe+.